The molecule has 1 heterocycles. The highest BCUT2D eigenvalue weighted by Crippen LogP contribution is 2.36. The average Bonchev–Trinajstić information content (AvgIpc) is 2.95. The van der Waals surface area contributed by atoms with Crippen LogP contribution in [0.5, 0.6) is 5.75 Å². The number of hydrogen-bond donors (Lipinski definition) is 2. The molecular weight excluding hydrogens is 535 g/mol. The number of benzene rings is 3. The zero-order valence-electron chi connectivity index (χ0n) is 22.4. The highest BCUT2D eigenvalue weighted by atomic mass is 32.2. The summed E-state index contributed by atoms with van der Waals surface area (Å²) in [4.78, 5) is 14.2. The van der Waals surface area contributed by atoms with Gasteiger partial charge in [-0.1, -0.05) is 37.3 Å². The van der Waals surface area contributed by atoms with E-state index >= 15 is 0 Å². The minimum absolute atomic E-state index is 0.0367. The van der Waals surface area contributed by atoms with Crippen LogP contribution < -0.4 is 10.1 Å². The second-order valence-corrected chi connectivity index (χ2v) is 11.7. The first kappa shape index (κ1) is 29.0. The maximum atomic E-state index is 14.1. The van der Waals surface area contributed by atoms with E-state index in [0.717, 1.165) is 0 Å². The summed E-state index contributed by atoms with van der Waals surface area (Å²) < 4.78 is 49.1. The number of amides is 2. The molecule has 1 aliphatic rings. The van der Waals surface area contributed by atoms with Crippen molar-refractivity contribution >= 4 is 21.7 Å². The molecule has 0 spiro atoms. The Bertz CT molecular complexity index is 1540. The number of nitrogens with one attached hydrogen (secondary N) is 1. The van der Waals surface area contributed by atoms with Gasteiger partial charge in [0, 0.05) is 25.6 Å². The van der Waals surface area contributed by atoms with Crippen LogP contribution in [0.1, 0.15) is 19.4 Å². The molecule has 11 heteroatoms. The summed E-state index contributed by atoms with van der Waals surface area (Å²) in [5.74, 6) is -0.874. The molecule has 3 aromatic carbocycles. The summed E-state index contributed by atoms with van der Waals surface area (Å²) >= 11 is 0. The Balaban J connectivity index is 1.71. The van der Waals surface area contributed by atoms with E-state index < -0.39 is 39.9 Å². The number of hydrogen-bond acceptors (Lipinski definition) is 6. The van der Waals surface area contributed by atoms with Crippen LogP contribution in [0.4, 0.5) is 14.9 Å². The molecule has 0 radical (unpaired) electrons. The quantitative estimate of drug-likeness (QED) is 0.459. The number of nitrogens with zero attached hydrogens (tertiary/aromatic N) is 3. The van der Waals surface area contributed by atoms with Crippen molar-refractivity contribution < 1.29 is 27.4 Å². The van der Waals surface area contributed by atoms with Crippen molar-refractivity contribution in [3.63, 3.8) is 0 Å². The van der Waals surface area contributed by atoms with Crippen molar-refractivity contribution in [2.45, 2.75) is 30.9 Å². The van der Waals surface area contributed by atoms with Crippen LogP contribution in [-0.4, -0.2) is 67.7 Å². The third kappa shape index (κ3) is 6.09. The Morgan fingerprint density at radius 1 is 1.20 bits per heavy atom. The van der Waals surface area contributed by atoms with Crippen LogP contribution in [0.25, 0.3) is 11.1 Å². The molecule has 1 aliphatic heterocycles. The smallest absolute Gasteiger partial charge is 0.321 e. The van der Waals surface area contributed by atoms with E-state index in [1.54, 1.807) is 56.4 Å². The van der Waals surface area contributed by atoms with E-state index in [0.29, 0.717) is 16.7 Å². The summed E-state index contributed by atoms with van der Waals surface area (Å²) in [6.45, 7) is 3.17. The lowest BCUT2D eigenvalue weighted by molar-refractivity contribution is 0.0830. The molecule has 40 heavy (non-hydrogen) atoms. The molecule has 210 valence electrons. The minimum Gasteiger partial charge on any atom is -0.487 e. The van der Waals surface area contributed by atoms with Gasteiger partial charge in [0.25, 0.3) is 0 Å². The Labute approximate surface area is 233 Å². The number of sulfonamides is 1. The third-order valence-corrected chi connectivity index (χ3v) is 8.93. The van der Waals surface area contributed by atoms with Crippen molar-refractivity contribution in [2.75, 3.05) is 32.1 Å². The van der Waals surface area contributed by atoms with Gasteiger partial charge in [-0.05, 0) is 54.4 Å². The number of aliphatic hydroxyl groups is 1. The molecular formula is C29H31FN4O5S. The number of urea groups is 1. The summed E-state index contributed by atoms with van der Waals surface area (Å²) in [7, 11) is -2.51. The molecule has 0 unspecified atom stereocenters. The summed E-state index contributed by atoms with van der Waals surface area (Å²) in [5, 5.41) is 21.7. The Hall–Kier alpha value is -3.98. The lowest BCUT2D eigenvalue weighted by atomic mass is 10.0. The van der Waals surface area contributed by atoms with Crippen molar-refractivity contribution in [1.82, 2.24) is 9.21 Å². The number of halogens is 1. The number of anilines is 1. The molecule has 4 rings (SSSR count). The van der Waals surface area contributed by atoms with Gasteiger partial charge in [0.2, 0.25) is 10.0 Å². The number of likely N-dealkylation sites (N-methyl/N-ethyl adjacent to an activating group) is 1. The fourth-order valence-electron chi connectivity index (χ4n) is 4.52. The maximum Gasteiger partial charge on any atom is 0.321 e. The van der Waals surface area contributed by atoms with Gasteiger partial charge in [0.15, 0.2) is 0 Å². The predicted molar refractivity (Wildman–Crippen MR) is 149 cm³/mol. The molecule has 0 aromatic heterocycles. The SMILES string of the molecule is C[C@@H]1CN([C@@H](C)CO)S(=O)(=O)c2ccc(-c3cccc(C#N)c3)cc2O[C@H]1CN(C)C(=O)Nc1ccccc1F. The van der Waals surface area contributed by atoms with Gasteiger partial charge >= 0.3 is 6.03 Å². The fourth-order valence-corrected chi connectivity index (χ4v) is 6.34. The number of fused-ring (bicyclic) bond motifs is 1. The average molecular weight is 567 g/mol. The number of ether oxygens (including phenoxy) is 1. The van der Waals surface area contributed by atoms with Gasteiger partial charge in [0.1, 0.15) is 22.6 Å². The molecule has 0 bridgehead atoms. The standard InChI is InChI=1S/C29H31FN4O5S/c1-19-16-34(20(2)18-35)40(37,38)28-12-11-23(22-8-6-7-21(13-22)15-31)14-26(28)39-27(19)17-33(3)29(36)32-25-10-5-4-9-24(25)30/h4-14,19-20,27,35H,16-18H2,1-3H3,(H,32,36)/t19-,20+,27+/m1/s1. The number of nitriles is 1. The normalized spacial score (nSPS) is 19.2. The lowest BCUT2D eigenvalue weighted by Crippen LogP contribution is -2.50. The summed E-state index contributed by atoms with van der Waals surface area (Å²) in [6.07, 6.45) is -0.653. The Morgan fingerprint density at radius 2 is 1.93 bits per heavy atom. The first-order valence-corrected chi connectivity index (χ1v) is 14.2. The van der Waals surface area contributed by atoms with Crippen LogP contribution in [0.3, 0.4) is 0 Å². The number of carbonyl (C=O) groups is 1. The van der Waals surface area contributed by atoms with Gasteiger partial charge in [-0.25, -0.2) is 17.6 Å². The van der Waals surface area contributed by atoms with Crippen molar-refractivity contribution in [2.24, 2.45) is 5.92 Å². The minimum atomic E-state index is -4.05. The molecule has 3 aromatic rings. The molecule has 2 N–H and O–H groups in total. The van der Waals surface area contributed by atoms with Crippen LogP contribution in [0.15, 0.2) is 71.6 Å². The monoisotopic (exact) mass is 566 g/mol. The molecule has 3 atom stereocenters. The van der Waals surface area contributed by atoms with Crippen LogP contribution >= 0.6 is 0 Å². The van der Waals surface area contributed by atoms with Crippen LogP contribution in [0, 0.1) is 23.1 Å². The van der Waals surface area contributed by atoms with Crippen molar-refractivity contribution in [1.29, 1.82) is 5.26 Å². The molecule has 0 fully saturated rings. The zero-order valence-corrected chi connectivity index (χ0v) is 23.2. The maximum absolute atomic E-state index is 14.1. The highest BCUT2D eigenvalue weighted by molar-refractivity contribution is 7.89. The van der Waals surface area contributed by atoms with Crippen LogP contribution in [-0.2, 0) is 10.0 Å². The van der Waals surface area contributed by atoms with Crippen molar-refractivity contribution in [3.8, 4) is 22.9 Å². The van der Waals surface area contributed by atoms with E-state index in [2.05, 4.69) is 11.4 Å². The zero-order chi connectivity index (χ0) is 29.0. The second-order valence-electron chi connectivity index (χ2n) is 9.88. The fraction of sp³-hybridized carbons (Fsp3) is 0.310. The number of rotatable bonds is 6. The van der Waals surface area contributed by atoms with Gasteiger partial charge < -0.3 is 20.1 Å². The van der Waals surface area contributed by atoms with Crippen molar-refractivity contribution in [3.05, 3.63) is 78.1 Å². The molecule has 2 amide bonds. The van der Waals surface area contributed by atoms with Gasteiger partial charge in [-0.15, -0.1) is 0 Å². The molecule has 0 saturated carbocycles. The number of aliphatic hydroxyl groups excluding tert-OH is 1. The van der Waals surface area contributed by atoms with Crippen LogP contribution in [0.2, 0.25) is 0 Å². The van der Waals surface area contributed by atoms with Gasteiger partial charge in [-0.3, -0.25) is 0 Å². The first-order valence-electron chi connectivity index (χ1n) is 12.8. The second kappa shape index (κ2) is 12.0. The van der Waals surface area contributed by atoms with E-state index in [1.807, 2.05) is 6.92 Å². The van der Waals surface area contributed by atoms with E-state index in [1.165, 1.54) is 33.5 Å². The molecule has 0 aliphatic carbocycles. The predicted octanol–water partition coefficient (Wildman–Crippen LogP) is 4.30. The summed E-state index contributed by atoms with van der Waals surface area (Å²) in [6, 6.07) is 18.3. The largest absolute Gasteiger partial charge is 0.487 e. The number of para-hydroxylation sites is 1. The summed E-state index contributed by atoms with van der Waals surface area (Å²) in [5.41, 5.74) is 1.84. The van der Waals surface area contributed by atoms with Gasteiger partial charge in [-0.2, -0.15) is 9.57 Å². The third-order valence-electron chi connectivity index (χ3n) is 6.91. The Morgan fingerprint density at radius 3 is 2.62 bits per heavy atom. The van der Waals surface area contributed by atoms with E-state index in [-0.39, 0.29) is 36.0 Å². The Kier molecular flexibility index (Phi) is 8.73. The first-order chi connectivity index (χ1) is 19.0. The molecule has 9 nitrogen and oxygen atoms in total. The van der Waals surface area contributed by atoms with E-state index in [9.17, 15) is 28.0 Å². The molecule has 0 saturated heterocycles. The van der Waals surface area contributed by atoms with E-state index in [4.69, 9.17) is 4.74 Å². The number of carbonyl (C=O) groups excluding carboxylic acids is 1. The lowest BCUT2D eigenvalue weighted by Gasteiger charge is -2.37. The highest BCUT2D eigenvalue weighted by Gasteiger charge is 2.38. The van der Waals surface area contributed by atoms with Gasteiger partial charge in [0.05, 0.1) is 30.5 Å². The topological polar surface area (TPSA) is 123 Å².